The highest BCUT2D eigenvalue weighted by Crippen LogP contribution is 2.44. The smallest absolute Gasteiger partial charge is 0.410 e. The number of ether oxygens (including phenoxy) is 4. The van der Waals surface area contributed by atoms with Gasteiger partial charge in [-0.05, 0) is 116 Å². The fraction of sp³-hybridized carbons (Fsp3) is 0.600. The first-order valence-corrected chi connectivity index (χ1v) is 22.7. The predicted octanol–water partition coefficient (Wildman–Crippen LogP) is 5.85. The molecule has 16 nitrogen and oxygen atoms in total. The van der Waals surface area contributed by atoms with Gasteiger partial charge in [0.25, 0.3) is 0 Å². The molecule has 58 heavy (non-hydrogen) atoms. The van der Waals surface area contributed by atoms with Crippen LogP contribution < -0.4 is 11.5 Å². The van der Waals surface area contributed by atoms with Gasteiger partial charge in [-0.15, -0.1) is 0 Å². The van der Waals surface area contributed by atoms with E-state index in [1.807, 2.05) is 0 Å². The molecule has 2 fully saturated rings. The molecule has 4 rings (SSSR count). The Morgan fingerprint density at radius 2 is 0.948 bits per heavy atom. The van der Waals surface area contributed by atoms with E-state index in [1.165, 1.54) is 46.2 Å². The second kappa shape index (κ2) is 19.0. The zero-order valence-electron chi connectivity index (χ0n) is 35.2. The highest BCUT2D eigenvalue weighted by Gasteiger charge is 2.47. The SMILES string of the molecule is CCOC(=O)[C@@H]1CCN(C(=O)OC(C)(C)C)[C@@H]1c1cc(N)ccc1S(=O)(=O)CC.CCOC(=O)[C@H]1CCN(C(=O)OC(C)(C)C)[C@H]1c1cc(N)ccc1S(=O)(=O)CC. The van der Waals surface area contributed by atoms with Crippen LogP contribution in [0.5, 0.6) is 0 Å². The monoisotopic (exact) mass is 852 g/mol. The average molecular weight is 853 g/mol. The Morgan fingerprint density at radius 3 is 1.22 bits per heavy atom. The molecule has 4 atom stereocenters. The van der Waals surface area contributed by atoms with Gasteiger partial charge in [0.2, 0.25) is 0 Å². The number of benzene rings is 2. The number of carbonyl (C=O) groups excluding carboxylic acids is 4. The van der Waals surface area contributed by atoms with E-state index in [-0.39, 0.29) is 47.6 Å². The molecule has 0 bridgehead atoms. The minimum atomic E-state index is -3.62. The van der Waals surface area contributed by atoms with Crippen LogP contribution >= 0.6 is 0 Å². The van der Waals surface area contributed by atoms with Gasteiger partial charge in [0.1, 0.15) is 11.2 Å². The minimum Gasteiger partial charge on any atom is -0.466 e. The van der Waals surface area contributed by atoms with Crippen molar-refractivity contribution in [1.82, 2.24) is 9.80 Å². The Morgan fingerprint density at radius 1 is 0.621 bits per heavy atom. The van der Waals surface area contributed by atoms with Crippen molar-refractivity contribution in [3.63, 3.8) is 0 Å². The van der Waals surface area contributed by atoms with Gasteiger partial charge in [-0.2, -0.15) is 0 Å². The van der Waals surface area contributed by atoms with E-state index in [1.54, 1.807) is 69.2 Å². The lowest BCUT2D eigenvalue weighted by atomic mass is 9.93. The molecule has 4 N–H and O–H groups in total. The summed E-state index contributed by atoms with van der Waals surface area (Å²) in [7, 11) is -7.23. The summed E-state index contributed by atoms with van der Waals surface area (Å²) < 4.78 is 72.2. The average Bonchev–Trinajstić information content (AvgIpc) is 3.77. The maximum absolute atomic E-state index is 12.9. The van der Waals surface area contributed by atoms with Crippen LogP contribution in [-0.4, -0.2) is 99.8 Å². The number of anilines is 2. The van der Waals surface area contributed by atoms with Crippen molar-refractivity contribution in [2.45, 2.75) is 115 Å². The molecule has 2 aliphatic heterocycles. The second-order valence-electron chi connectivity index (χ2n) is 15.9. The molecule has 324 valence electrons. The second-order valence-corrected chi connectivity index (χ2v) is 20.4. The third-order valence-electron chi connectivity index (χ3n) is 9.37. The predicted molar refractivity (Wildman–Crippen MR) is 218 cm³/mol. The first kappa shape index (κ1) is 47.8. The number of sulfone groups is 2. The zero-order valence-corrected chi connectivity index (χ0v) is 36.8. The first-order chi connectivity index (χ1) is 26.8. The van der Waals surface area contributed by atoms with Crippen LogP contribution in [0.25, 0.3) is 0 Å². The van der Waals surface area contributed by atoms with Crippen LogP contribution in [0.15, 0.2) is 46.2 Å². The molecule has 0 saturated carbocycles. The largest absolute Gasteiger partial charge is 0.466 e. The van der Waals surface area contributed by atoms with E-state index >= 15 is 0 Å². The number of rotatable bonds is 10. The van der Waals surface area contributed by atoms with Gasteiger partial charge < -0.3 is 40.2 Å². The fourth-order valence-electron chi connectivity index (χ4n) is 6.87. The van der Waals surface area contributed by atoms with Crippen molar-refractivity contribution < 1.29 is 55.0 Å². The zero-order chi connectivity index (χ0) is 44.0. The number of carbonyl (C=O) groups is 4. The summed E-state index contributed by atoms with van der Waals surface area (Å²) in [5.74, 6) is -2.62. The summed E-state index contributed by atoms with van der Waals surface area (Å²) in [6.45, 7) is 17.8. The molecule has 2 aromatic carbocycles. The number of hydrogen-bond donors (Lipinski definition) is 2. The quantitative estimate of drug-likeness (QED) is 0.162. The normalized spacial score (nSPS) is 19.8. The number of likely N-dealkylation sites (tertiary alicyclic amines) is 2. The van der Waals surface area contributed by atoms with Crippen LogP contribution in [0.4, 0.5) is 21.0 Å². The molecule has 2 saturated heterocycles. The highest BCUT2D eigenvalue weighted by atomic mass is 32.2. The van der Waals surface area contributed by atoms with Gasteiger partial charge in [0.15, 0.2) is 19.7 Å². The number of amides is 2. The summed E-state index contributed by atoms with van der Waals surface area (Å²) >= 11 is 0. The van der Waals surface area contributed by atoms with Gasteiger partial charge in [-0.3, -0.25) is 9.59 Å². The van der Waals surface area contributed by atoms with E-state index in [0.29, 0.717) is 35.3 Å². The highest BCUT2D eigenvalue weighted by molar-refractivity contribution is 7.91. The van der Waals surface area contributed by atoms with Gasteiger partial charge >= 0.3 is 24.1 Å². The summed E-state index contributed by atoms with van der Waals surface area (Å²) in [6, 6.07) is 7.20. The molecule has 0 unspecified atom stereocenters. The lowest BCUT2D eigenvalue weighted by Crippen LogP contribution is -2.38. The van der Waals surface area contributed by atoms with Gasteiger partial charge in [-0.25, -0.2) is 26.4 Å². The van der Waals surface area contributed by atoms with Gasteiger partial charge in [-0.1, -0.05) is 13.8 Å². The van der Waals surface area contributed by atoms with Gasteiger partial charge in [0, 0.05) is 24.5 Å². The van der Waals surface area contributed by atoms with Crippen LogP contribution in [0.2, 0.25) is 0 Å². The summed E-state index contributed by atoms with van der Waals surface area (Å²) in [5.41, 5.74) is 11.7. The molecular weight excluding hydrogens is 793 g/mol. The third-order valence-corrected chi connectivity index (χ3v) is 13.0. The number of hydrogen-bond acceptors (Lipinski definition) is 14. The lowest BCUT2D eigenvalue weighted by Gasteiger charge is -2.31. The molecule has 2 heterocycles. The van der Waals surface area contributed by atoms with Crippen molar-refractivity contribution in [3.8, 4) is 0 Å². The molecule has 2 amide bonds. The topological polar surface area (TPSA) is 232 Å². The maximum atomic E-state index is 12.9. The Kier molecular flexibility index (Phi) is 15.7. The molecule has 2 aliphatic rings. The van der Waals surface area contributed by atoms with Gasteiger partial charge in [0.05, 0.1) is 58.4 Å². The summed E-state index contributed by atoms with van der Waals surface area (Å²) in [5, 5.41) is 0. The van der Waals surface area contributed by atoms with Crippen LogP contribution in [0.1, 0.15) is 105 Å². The summed E-state index contributed by atoms with van der Waals surface area (Å²) in [6.07, 6.45) is -0.556. The van der Waals surface area contributed by atoms with E-state index in [0.717, 1.165) is 0 Å². The molecule has 2 aromatic rings. The van der Waals surface area contributed by atoms with Crippen LogP contribution in [0, 0.1) is 11.8 Å². The fourth-order valence-corrected chi connectivity index (χ4v) is 9.12. The molecule has 0 spiro atoms. The maximum Gasteiger partial charge on any atom is 0.410 e. The van der Waals surface area contributed by atoms with Crippen LogP contribution in [0.3, 0.4) is 0 Å². The number of esters is 2. The Bertz CT molecular complexity index is 1900. The Balaban J connectivity index is 0.000000310. The molecular formula is C40H60N4O12S2. The summed E-state index contributed by atoms with van der Waals surface area (Å²) in [4.78, 5) is 53.9. The lowest BCUT2D eigenvalue weighted by molar-refractivity contribution is -0.149. The number of nitrogens with two attached hydrogens (primary N) is 2. The Labute approximate surface area is 342 Å². The van der Waals surface area contributed by atoms with E-state index < -0.39 is 78.9 Å². The van der Waals surface area contributed by atoms with Crippen molar-refractivity contribution in [2.24, 2.45) is 11.8 Å². The molecule has 18 heteroatoms. The standard InChI is InChI=1S/2C20H30N2O6S/c2*1-6-27-18(23)14-10-11-22(19(24)28-20(3,4)5)17(14)15-12-13(21)8-9-16(15)29(25,26)7-2/h2*8-9,12,14,17H,6-7,10-11,21H2,1-5H3/t2*14-,17+/m10/s1. The first-order valence-electron chi connectivity index (χ1n) is 19.4. The van der Waals surface area contributed by atoms with E-state index in [2.05, 4.69) is 0 Å². The van der Waals surface area contributed by atoms with Crippen molar-refractivity contribution >= 4 is 55.2 Å². The number of nitrogen functional groups attached to an aromatic ring is 2. The molecule has 0 aliphatic carbocycles. The molecule has 0 aromatic heterocycles. The van der Waals surface area contributed by atoms with Crippen molar-refractivity contribution in [3.05, 3.63) is 47.5 Å². The van der Waals surface area contributed by atoms with E-state index in [4.69, 9.17) is 30.4 Å². The Hall–Kier alpha value is -4.58. The molecule has 0 radical (unpaired) electrons. The van der Waals surface area contributed by atoms with Crippen LogP contribution in [-0.2, 0) is 48.2 Å². The third kappa shape index (κ3) is 11.8. The number of nitrogens with zero attached hydrogens (tertiary/aromatic N) is 2. The van der Waals surface area contributed by atoms with E-state index in [9.17, 15) is 36.0 Å². The minimum absolute atomic E-state index is 0.0592. The van der Waals surface area contributed by atoms with Crippen molar-refractivity contribution in [2.75, 3.05) is 49.3 Å². The van der Waals surface area contributed by atoms with Crippen molar-refractivity contribution in [1.29, 1.82) is 0 Å².